The van der Waals surface area contributed by atoms with Gasteiger partial charge in [-0.2, -0.15) is 0 Å². The maximum Gasteiger partial charge on any atom is 0.0964 e. The first-order valence-corrected chi connectivity index (χ1v) is 30.9. The Morgan fingerprint density at radius 1 is 0.905 bits per heavy atom. The Morgan fingerprint density at radius 3 is 1.57 bits per heavy atom. The van der Waals surface area contributed by atoms with Gasteiger partial charge in [0.05, 0.1) is 11.0 Å². The predicted octanol–water partition coefficient (Wildman–Crippen LogP) is 5.07. The van der Waals surface area contributed by atoms with Crippen molar-refractivity contribution in [3.8, 4) is 5.40 Å². The molecule has 0 spiro atoms. The number of benzene rings is 1. The molecule has 0 saturated carbocycles. The Labute approximate surface area is 165 Å². The molecular formula is C13H8I3N3SSn. The Morgan fingerprint density at radius 2 is 1.24 bits per heavy atom. The van der Waals surface area contributed by atoms with Crippen molar-refractivity contribution in [2.45, 2.75) is 0 Å². The summed E-state index contributed by atoms with van der Waals surface area (Å²) in [7, 11) is -0.633. The second-order valence-electron chi connectivity index (χ2n) is 3.52. The number of rotatable bonds is 0. The Kier molecular flexibility index (Phi) is 10.6. The van der Waals surface area contributed by atoms with Crippen LogP contribution < -0.4 is 0 Å². The zero-order chi connectivity index (χ0) is 15.7. The molecule has 3 rings (SSSR count). The normalized spacial score (nSPS) is 8.86. The minimum atomic E-state index is -0.633. The van der Waals surface area contributed by atoms with E-state index >= 15 is 0 Å². The van der Waals surface area contributed by atoms with E-state index in [9.17, 15) is 0 Å². The van der Waals surface area contributed by atoms with Gasteiger partial charge in [-0.15, -0.1) is 0 Å². The minimum absolute atomic E-state index is 0.633. The van der Waals surface area contributed by atoms with Gasteiger partial charge in [-0.05, 0) is 12.1 Å². The van der Waals surface area contributed by atoms with Crippen molar-refractivity contribution < 1.29 is 0 Å². The molecule has 21 heavy (non-hydrogen) atoms. The quantitative estimate of drug-likeness (QED) is 0.106. The molecule has 0 aliphatic rings. The summed E-state index contributed by atoms with van der Waals surface area (Å²) in [5.74, 6) is 0. The number of aromatic nitrogens is 2. The van der Waals surface area contributed by atoms with Gasteiger partial charge in [-0.1, -0.05) is 29.7 Å². The predicted molar refractivity (Wildman–Crippen MR) is 118 cm³/mol. The van der Waals surface area contributed by atoms with Crippen molar-refractivity contribution in [2.75, 3.05) is 0 Å². The molecule has 3 nitrogen and oxygen atoms in total. The van der Waals surface area contributed by atoms with Crippen LogP contribution in [0.3, 0.4) is 0 Å². The van der Waals surface area contributed by atoms with Gasteiger partial charge in [0.25, 0.3) is 0 Å². The summed E-state index contributed by atoms with van der Waals surface area (Å²) in [5, 5.41) is 10.7. The topological polar surface area (TPSA) is 49.6 Å². The molecule has 0 bridgehead atoms. The van der Waals surface area contributed by atoms with E-state index in [0.29, 0.717) is 0 Å². The number of fused-ring (bicyclic) bond motifs is 3. The maximum atomic E-state index is 7.13. The smallest absolute Gasteiger partial charge is 0.0964 e. The molecule has 0 radical (unpaired) electrons. The minimum Gasteiger partial charge on any atom is -0.254 e. The van der Waals surface area contributed by atoms with Crippen molar-refractivity contribution in [3.63, 3.8) is 0 Å². The van der Waals surface area contributed by atoms with Crippen molar-refractivity contribution in [1.29, 1.82) is 5.26 Å². The average molecular weight is 738 g/mol. The monoisotopic (exact) mass is 739 g/mol. The van der Waals surface area contributed by atoms with Crippen LogP contribution in [-0.4, -0.2) is 17.8 Å². The largest absolute Gasteiger partial charge is 0.254 e. The summed E-state index contributed by atoms with van der Waals surface area (Å²) < 4.78 is 0. The van der Waals surface area contributed by atoms with E-state index in [1.165, 1.54) is 5.40 Å². The van der Waals surface area contributed by atoms with E-state index in [1.807, 2.05) is 12.1 Å². The Hall–Kier alpha value is 0.739. The maximum absolute atomic E-state index is 7.13. The number of hydrogen-bond donors (Lipinski definition) is 0. The van der Waals surface area contributed by atoms with Crippen LogP contribution in [0.2, 0.25) is 0 Å². The van der Waals surface area contributed by atoms with Gasteiger partial charge < -0.3 is 12.6 Å². The Bertz CT molecular complexity index is 692. The fourth-order valence-electron chi connectivity index (χ4n) is 1.68. The van der Waals surface area contributed by atoms with Gasteiger partial charge >= 0.3 is 63.8 Å². The summed E-state index contributed by atoms with van der Waals surface area (Å²) in [6.45, 7) is 0. The van der Waals surface area contributed by atoms with E-state index in [0.717, 1.165) is 21.8 Å². The molecule has 2 heterocycles. The second kappa shape index (κ2) is 11.3. The molecular weight excluding hydrogens is 730 g/mol. The SMILES string of the molecule is N#C[S-].[I][Sn+]([I])[I].c1cnc2c(c1)ccc1cccnc12. The van der Waals surface area contributed by atoms with Crippen LogP contribution in [0.4, 0.5) is 0 Å². The van der Waals surface area contributed by atoms with Crippen LogP contribution >= 0.6 is 55.9 Å². The van der Waals surface area contributed by atoms with Crippen molar-refractivity contribution in [1.82, 2.24) is 9.97 Å². The van der Waals surface area contributed by atoms with Gasteiger partial charge in [0, 0.05) is 23.2 Å². The Balaban J connectivity index is 0.000000270. The average Bonchev–Trinajstić information content (AvgIpc) is 2.47. The van der Waals surface area contributed by atoms with E-state index < -0.39 is 7.86 Å². The first kappa shape index (κ1) is 19.8. The molecule has 0 unspecified atom stereocenters. The molecule has 0 amide bonds. The summed E-state index contributed by atoms with van der Waals surface area (Å²) >= 11 is 11.2. The summed E-state index contributed by atoms with van der Waals surface area (Å²) in [5.41, 5.74) is 1.95. The molecule has 106 valence electrons. The molecule has 0 aliphatic heterocycles. The van der Waals surface area contributed by atoms with Gasteiger partial charge in [0.2, 0.25) is 0 Å². The molecule has 2 aromatic heterocycles. The van der Waals surface area contributed by atoms with Crippen molar-refractivity contribution in [2.24, 2.45) is 0 Å². The fraction of sp³-hybridized carbons (Fsp3) is 0. The molecule has 0 N–H and O–H groups in total. The van der Waals surface area contributed by atoms with Gasteiger partial charge in [-0.3, -0.25) is 9.97 Å². The van der Waals surface area contributed by atoms with Crippen LogP contribution in [0.1, 0.15) is 0 Å². The fourth-order valence-corrected chi connectivity index (χ4v) is 1.68. The molecule has 0 saturated heterocycles. The van der Waals surface area contributed by atoms with E-state index in [1.54, 1.807) is 12.4 Å². The summed E-state index contributed by atoms with van der Waals surface area (Å²) in [6, 6.07) is 12.1. The molecule has 8 heteroatoms. The van der Waals surface area contributed by atoms with Crippen LogP contribution in [0.15, 0.2) is 48.8 Å². The summed E-state index contributed by atoms with van der Waals surface area (Å²) in [6.07, 6.45) is 3.60. The zero-order valence-electron chi connectivity index (χ0n) is 10.5. The molecule has 3 aromatic rings. The van der Waals surface area contributed by atoms with Crippen LogP contribution in [-0.2, 0) is 12.6 Å². The first-order valence-electron chi connectivity index (χ1n) is 5.53. The molecule has 0 aliphatic carbocycles. The van der Waals surface area contributed by atoms with Crippen LogP contribution in [0.25, 0.3) is 21.8 Å². The molecule has 0 atom stereocenters. The number of halogens is 3. The van der Waals surface area contributed by atoms with Gasteiger partial charge in [0.15, 0.2) is 0 Å². The number of nitriles is 1. The van der Waals surface area contributed by atoms with E-state index in [4.69, 9.17) is 5.26 Å². The first-order chi connectivity index (χ1) is 10.1. The standard InChI is InChI=1S/C12H8N2.CHNS.3HI.Sn/c1-3-9-5-6-10-4-2-8-14-12(10)11(9)13-7-1;2-1-3;;;;/h1-8H;3H;3*1H;/q;;;;;+4/p-4. The number of nitrogens with zero attached hydrogens (tertiary/aromatic N) is 3. The molecule has 0 fully saturated rings. The zero-order valence-corrected chi connectivity index (χ0v) is 20.6. The van der Waals surface area contributed by atoms with E-state index in [-0.39, 0.29) is 0 Å². The van der Waals surface area contributed by atoms with Crippen LogP contribution in [0, 0.1) is 10.7 Å². The number of thiocyanates is 1. The third-order valence-corrected chi connectivity index (χ3v) is 2.34. The number of hydrogen-bond acceptors (Lipinski definition) is 4. The van der Waals surface area contributed by atoms with Gasteiger partial charge in [0.1, 0.15) is 0 Å². The van der Waals surface area contributed by atoms with E-state index in [2.05, 4.69) is 103 Å². The third-order valence-electron chi connectivity index (χ3n) is 2.34. The summed E-state index contributed by atoms with van der Waals surface area (Å²) in [4.78, 5) is 8.69. The third kappa shape index (κ3) is 7.23. The number of pyridine rings is 2. The van der Waals surface area contributed by atoms with Crippen molar-refractivity contribution >= 4 is 98.2 Å². The van der Waals surface area contributed by atoms with Gasteiger partial charge in [-0.25, -0.2) is 5.26 Å². The second-order valence-corrected chi connectivity index (χ2v) is 68.2. The van der Waals surface area contributed by atoms with Crippen LogP contribution in [0.5, 0.6) is 0 Å². The van der Waals surface area contributed by atoms with Crippen molar-refractivity contribution in [3.05, 3.63) is 48.8 Å². The molecule has 1 aromatic carbocycles.